The summed E-state index contributed by atoms with van der Waals surface area (Å²) in [5.74, 6) is -0.234. The van der Waals surface area contributed by atoms with Gasteiger partial charge in [0, 0.05) is 11.9 Å². The van der Waals surface area contributed by atoms with Gasteiger partial charge in [0.05, 0.1) is 17.5 Å². The minimum absolute atomic E-state index is 0.234. The number of nitrogens with two attached hydrogens (primary N) is 1. The normalized spacial score (nSPS) is 22.0. The summed E-state index contributed by atoms with van der Waals surface area (Å²) >= 11 is 0. The Morgan fingerprint density at radius 2 is 2.17 bits per heavy atom. The number of nitrogen functional groups attached to an aromatic ring is 1. The number of hydrogen-bond donors (Lipinski definition) is 3. The molecule has 5 heteroatoms. The van der Waals surface area contributed by atoms with Gasteiger partial charge in [-0.15, -0.1) is 0 Å². The third-order valence-electron chi connectivity index (χ3n) is 2.69. The van der Waals surface area contributed by atoms with Gasteiger partial charge in [0.25, 0.3) is 5.91 Å². The van der Waals surface area contributed by atoms with E-state index in [0.29, 0.717) is 11.3 Å². The number of rotatable bonds is 2. The fourth-order valence-electron chi connectivity index (χ4n) is 1.64. The third kappa shape index (κ3) is 2.51. The predicted molar refractivity (Wildman–Crippen MR) is 72.1 cm³/mol. The standard InChI is InChI=1S/C13H16N4O/c1-9-7-16-13(2,8-15-9)17-12(18)10-5-3-4-6-11(10)14/h3-8,16H,14H2,1-2H3,(H,17,18). The van der Waals surface area contributed by atoms with E-state index in [-0.39, 0.29) is 5.91 Å². The molecule has 1 amide bonds. The van der Waals surface area contributed by atoms with Gasteiger partial charge in [-0.3, -0.25) is 9.79 Å². The van der Waals surface area contributed by atoms with Crippen molar-refractivity contribution >= 4 is 17.8 Å². The monoisotopic (exact) mass is 244 g/mol. The first kappa shape index (κ1) is 12.2. The Morgan fingerprint density at radius 3 is 2.78 bits per heavy atom. The number of anilines is 1. The summed E-state index contributed by atoms with van der Waals surface area (Å²) in [5, 5.41) is 5.93. The molecule has 0 fully saturated rings. The lowest BCUT2D eigenvalue weighted by Crippen LogP contribution is -2.57. The number of aliphatic imine (C=N–C) groups is 1. The minimum atomic E-state index is -0.696. The van der Waals surface area contributed by atoms with Gasteiger partial charge < -0.3 is 16.4 Å². The van der Waals surface area contributed by atoms with Gasteiger partial charge in [0.15, 0.2) is 0 Å². The molecular formula is C13H16N4O. The fraction of sp³-hybridized carbons (Fsp3) is 0.231. The lowest BCUT2D eigenvalue weighted by atomic mass is 10.1. The number of nitrogens with zero attached hydrogens (tertiary/aromatic N) is 1. The molecule has 0 bridgehead atoms. The zero-order chi connectivity index (χ0) is 13.2. The van der Waals surface area contributed by atoms with E-state index < -0.39 is 5.66 Å². The number of para-hydroxylation sites is 1. The summed E-state index contributed by atoms with van der Waals surface area (Å²) in [5.41, 5.74) is 6.85. The molecule has 0 spiro atoms. The van der Waals surface area contributed by atoms with Crippen LogP contribution in [0.15, 0.2) is 41.2 Å². The van der Waals surface area contributed by atoms with Crippen LogP contribution < -0.4 is 16.4 Å². The molecule has 1 heterocycles. The van der Waals surface area contributed by atoms with Crippen molar-refractivity contribution in [3.05, 3.63) is 41.7 Å². The maximum absolute atomic E-state index is 12.1. The van der Waals surface area contributed by atoms with Crippen LogP contribution in [0.3, 0.4) is 0 Å². The molecule has 0 aromatic heterocycles. The number of nitrogens with one attached hydrogen (secondary N) is 2. The van der Waals surface area contributed by atoms with Crippen molar-refractivity contribution in [1.29, 1.82) is 0 Å². The van der Waals surface area contributed by atoms with Crippen LogP contribution in [0, 0.1) is 0 Å². The second-order valence-electron chi connectivity index (χ2n) is 4.43. The van der Waals surface area contributed by atoms with Crippen molar-refractivity contribution in [1.82, 2.24) is 10.6 Å². The van der Waals surface area contributed by atoms with Gasteiger partial charge in [0.2, 0.25) is 0 Å². The number of amides is 1. The summed E-state index contributed by atoms with van der Waals surface area (Å²) in [7, 11) is 0. The summed E-state index contributed by atoms with van der Waals surface area (Å²) < 4.78 is 0. The molecule has 1 aliphatic rings. The molecule has 0 aliphatic carbocycles. The van der Waals surface area contributed by atoms with Crippen LogP contribution in [0.4, 0.5) is 5.69 Å². The van der Waals surface area contributed by atoms with E-state index in [4.69, 9.17) is 5.73 Å². The highest BCUT2D eigenvalue weighted by atomic mass is 16.2. The first-order chi connectivity index (χ1) is 8.50. The highest BCUT2D eigenvalue weighted by Gasteiger charge is 2.25. The van der Waals surface area contributed by atoms with Gasteiger partial charge in [0.1, 0.15) is 5.66 Å². The van der Waals surface area contributed by atoms with Crippen LogP contribution in [0.5, 0.6) is 0 Å². The molecule has 1 aromatic rings. The second kappa shape index (κ2) is 4.52. The molecule has 18 heavy (non-hydrogen) atoms. The Bertz CT molecular complexity index is 536. The Morgan fingerprint density at radius 1 is 1.44 bits per heavy atom. The van der Waals surface area contributed by atoms with Crippen LogP contribution in [-0.2, 0) is 0 Å². The predicted octanol–water partition coefficient (Wildman–Crippen LogP) is 1.25. The Kier molecular flexibility index (Phi) is 3.06. The van der Waals surface area contributed by atoms with Crippen molar-refractivity contribution < 1.29 is 4.79 Å². The topological polar surface area (TPSA) is 79.5 Å². The average molecular weight is 244 g/mol. The van der Waals surface area contributed by atoms with Gasteiger partial charge >= 0.3 is 0 Å². The zero-order valence-electron chi connectivity index (χ0n) is 10.4. The van der Waals surface area contributed by atoms with Crippen molar-refractivity contribution in [2.75, 3.05) is 5.73 Å². The number of carbonyl (C=O) groups excluding carboxylic acids is 1. The van der Waals surface area contributed by atoms with Crippen LogP contribution >= 0.6 is 0 Å². The van der Waals surface area contributed by atoms with Crippen molar-refractivity contribution in [2.24, 2.45) is 4.99 Å². The number of allylic oxidation sites excluding steroid dienone is 1. The number of hydrogen-bond acceptors (Lipinski definition) is 4. The molecule has 5 nitrogen and oxygen atoms in total. The molecule has 0 saturated heterocycles. The maximum atomic E-state index is 12.1. The van der Waals surface area contributed by atoms with Gasteiger partial charge in [-0.25, -0.2) is 0 Å². The van der Waals surface area contributed by atoms with Gasteiger partial charge in [-0.2, -0.15) is 0 Å². The van der Waals surface area contributed by atoms with Crippen LogP contribution in [0.1, 0.15) is 24.2 Å². The Labute approximate surface area is 106 Å². The van der Waals surface area contributed by atoms with Crippen LogP contribution in [0.2, 0.25) is 0 Å². The molecule has 0 radical (unpaired) electrons. The summed E-state index contributed by atoms with van der Waals surface area (Å²) in [6, 6.07) is 6.96. The van der Waals surface area contributed by atoms with E-state index in [1.165, 1.54) is 0 Å². The largest absolute Gasteiger partial charge is 0.398 e. The summed E-state index contributed by atoms with van der Waals surface area (Å²) in [6.07, 6.45) is 3.42. The maximum Gasteiger partial charge on any atom is 0.255 e. The van der Waals surface area contributed by atoms with Gasteiger partial charge in [-0.05, 0) is 26.0 Å². The first-order valence-corrected chi connectivity index (χ1v) is 5.67. The summed E-state index contributed by atoms with van der Waals surface area (Å²) in [4.78, 5) is 16.3. The van der Waals surface area contributed by atoms with E-state index in [9.17, 15) is 4.79 Å². The first-order valence-electron chi connectivity index (χ1n) is 5.67. The highest BCUT2D eigenvalue weighted by Crippen LogP contribution is 2.12. The molecule has 1 atom stereocenters. The molecule has 2 rings (SSSR count). The lowest BCUT2D eigenvalue weighted by molar-refractivity contribution is 0.0923. The Hall–Kier alpha value is -2.30. The van der Waals surface area contributed by atoms with E-state index in [1.54, 1.807) is 36.7 Å². The molecule has 1 aromatic carbocycles. The van der Waals surface area contributed by atoms with E-state index in [2.05, 4.69) is 15.6 Å². The second-order valence-corrected chi connectivity index (χ2v) is 4.43. The van der Waals surface area contributed by atoms with Crippen molar-refractivity contribution in [3.63, 3.8) is 0 Å². The van der Waals surface area contributed by atoms with E-state index in [0.717, 1.165) is 5.70 Å². The Balaban J connectivity index is 2.14. The van der Waals surface area contributed by atoms with Crippen LogP contribution in [0.25, 0.3) is 0 Å². The molecule has 4 N–H and O–H groups in total. The fourth-order valence-corrected chi connectivity index (χ4v) is 1.64. The van der Waals surface area contributed by atoms with Crippen molar-refractivity contribution in [3.8, 4) is 0 Å². The molecular weight excluding hydrogens is 228 g/mol. The van der Waals surface area contributed by atoms with Crippen LogP contribution in [-0.4, -0.2) is 17.8 Å². The van der Waals surface area contributed by atoms with Crippen molar-refractivity contribution in [2.45, 2.75) is 19.5 Å². The van der Waals surface area contributed by atoms with E-state index >= 15 is 0 Å². The van der Waals surface area contributed by atoms with E-state index in [1.807, 2.05) is 13.8 Å². The quantitative estimate of drug-likeness (QED) is 0.685. The smallest absolute Gasteiger partial charge is 0.255 e. The van der Waals surface area contributed by atoms with Gasteiger partial charge in [-0.1, -0.05) is 12.1 Å². The average Bonchev–Trinajstić information content (AvgIpc) is 2.34. The highest BCUT2D eigenvalue weighted by molar-refractivity contribution is 6.01. The molecule has 1 aliphatic heterocycles. The summed E-state index contributed by atoms with van der Waals surface area (Å²) in [6.45, 7) is 3.70. The molecule has 1 unspecified atom stereocenters. The number of benzene rings is 1. The molecule has 0 saturated carbocycles. The lowest BCUT2D eigenvalue weighted by Gasteiger charge is -2.29. The third-order valence-corrected chi connectivity index (χ3v) is 2.69. The number of carbonyl (C=O) groups is 1. The molecule has 94 valence electrons. The SMILES string of the molecule is CC1=CNC(C)(NC(=O)c2ccccc2N)C=N1. The zero-order valence-corrected chi connectivity index (χ0v) is 10.4. The minimum Gasteiger partial charge on any atom is -0.398 e.